The van der Waals surface area contributed by atoms with E-state index in [1.54, 1.807) is 31.2 Å². The van der Waals surface area contributed by atoms with Crippen LogP contribution in [0.5, 0.6) is 5.75 Å². The zero-order valence-corrected chi connectivity index (χ0v) is 16.4. The van der Waals surface area contributed by atoms with Gasteiger partial charge in [0.15, 0.2) is 6.10 Å². The molecule has 1 heterocycles. The van der Waals surface area contributed by atoms with Gasteiger partial charge in [-0.15, -0.1) is 0 Å². The van der Waals surface area contributed by atoms with Crippen LogP contribution in [0, 0.1) is 11.3 Å². The fourth-order valence-electron chi connectivity index (χ4n) is 3.34. The van der Waals surface area contributed by atoms with Crippen LogP contribution in [-0.4, -0.2) is 30.0 Å². The maximum atomic E-state index is 12.3. The molecule has 1 aliphatic heterocycles. The molecule has 0 saturated carbocycles. The highest BCUT2D eigenvalue weighted by molar-refractivity contribution is 5.80. The summed E-state index contributed by atoms with van der Waals surface area (Å²) >= 11 is 0. The molecule has 1 fully saturated rings. The summed E-state index contributed by atoms with van der Waals surface area (Å²) < 4.78 is 5.64. The number of benzene rings is 2. The van der Waals surface area contributed by atoms with Crippen molar-refractivity contribution in [2.45, 2.75) is 45.4 Å². The first kappa shape index (κ1) is 19.9. The lowest BCUT2D eigenvalue weighted by Crippen LogP contribution is -2.35. The quantitative estimate of drug-likeness (QED) is 0.800. The molecule has 0 aromatic heterocycles. The number of nitrogens with zero attached hydrogens (tertiary/aromatic N) is 2. The van der Waals surface area contributed by atoms with E-state index in [2.05, 4.69) is 40.6 Å². The normalized spacial score (nSPS) is 15.4. The second-order valence-electron chi connectivity index (χ2n) is 7.27. The van der Waals surface area contributed by atoms with Crippen molar-refractivity contribution < 1.29 is 9.53 Å². The first-order chi connectivity index (χ1) is 13.6. The lowest BCUT2D eigenvalue weighted by atomic mass is 10.1. The number of carbonyl (C=O) groups excluding carboxylic acids is 1. The zero-order chi connectivity index (χ0) is 19.8. The van der Waals surface area contributed by atoms with Gasteiger partial charge in [-0.25, -0.2) is 0 Å². The van der Waals surface area contributed by atoms with Crippen LogP contribution in [0.1, 0.15) is 42.9 Å². The second kappa shape index (κ2) is 9.91. The molecule has 0 aliphatic carbocycles. The van der Waals surface area contributed by atoms with E-state index in [-0.39, 0.29) is 5.91 Å². The summed E-state index contributed by atoms with van der Waals surface area (Å²) in [7, 11) is 0. The van der Waals surface area contributed by atoms with Crippen LogP contribution >= 0.6 is 0 Å². The number of rotatable bonds is 7. The van der Waals surface area contributed by atoms with Crippen LogP contribution < -0.4 is 10.1 Å². The Hall–Kier alpha value is -2.84. The van der Waals surface area contributed by atoms with E-state index in [4.69, 9.17) is 10.00 Å². The Labute approximate surface area is 166 Å². The van der Waals surface area contributed by atoms with Crippen LogP contribution in [0.4, 0.5) is 0 Å². The lowest BCUT2D eigenvalue weighted by molar-refractivity contribution is -0.127. The Morgan fingerprint density at radius 1 is 1.07 bits per heavy atom. The van der Waals surface area contributed by atoms with E-state index in [0.717, 1.165) is 12.1 Å². The monoisotopic (exact) mass is 377 g/mol. The number of nitrogens with one attached hydrogen (secondary N) is 1. The molecule has 0 radical (unpaired) electrons. The molecule has 1 saturated heterocycles. The van der Waals surface area contributed by atoms with Crippen LogP contribution in [0.25, 0.3) is 0 Å². The van der Waals surface area contributed by atoms with Crippen LogP contribution in [0.2, 0.25) is 0 Å². The van der Waals surface area contributed by atoms with E-state index in [1.807, 2.05) is 0 Å². The van der Waals surface area contributed by atoms with Gasteiger partial charge < -0.3 is 10.1 Å². The van der Waals surface area contributed by atoms with Crippen LogP contribution in [0.15, 0.2) is 48.5 Å². The van der Waals surface area contributed by atoms with Crippen molar-refractivity contribution in [2.24, 2.45) is 0 Å². The molecule has 0 bridgehead atoms. The Morgan fingerprint density at radius 2 is 1.71 bits per heavy atom. The van der Waals surface area contributed by atoms with Gasteiger partial charge in [-0.2, -0.15) is 5.26 Å². The minimum absolute atomic E-state index is 0.165. The van der Waals surface area contributed by atoms with Gasteiger partial charge in [0.1, 0.15) is 5.75 Å². The van der Waals surface area contributed by atoms with Crippen molar-refractivity contribution in [1.82, 2.24) is 10.2 Å². The molecule has 2 aromatic carbocycles. The Balaban J connectivity index is 1.44. The molecule has 1 amide bonds. The largest absolute Gasteiger partial charge is 0.481 e. The maximum Gasteiger partial charge on any atom is 0.261 e. The van der Waals surface area contributed by atoms with Gasteiger partial charge in [-0.3, -0.25) is 9.69 Å². The highest BCUT2D eigenvalue weighted by Crippen LogP contribution is 2.15. The van der Waals surface area contributed by atoms with E-state index < -0.39 is 6.10 Å². The van der Waals surface area contributed by atoms with Gasteiger partial charge in [0, 0.05) is 13.1 Å². The molecule has 1 aliphatic rings. The second-order valence-corrected chi connectivity index (χ2v) is 7.27. The molecule has 5 heteroatoms. The fourth-order valence-corrected chi connectivity index (χ4v) is 3.34. The summed E-state index contributed by atoms with van der Waals surface area (Å²) in [6.07, 6.45) is 3.34. The van der Waals surface area contributed by atoms with Gasteiger partial charge in [0.2, 0.25) is 0 Å². The zero-order valence-electron chi connectivity index (χ0n) is 16.4. The summed E-state index contributed by atoms with van der Waals surface area (Å²) in [5.41, 5.74) is 2.95. The summed E-state index contributed by atoms with van der Waals surface area (Å²) in [6, 6.07) is 17.2. The molecular weight excluding hydrogens is 350 g/mol. The predicted octanol–water partition coefficient (Wildman–Crippen LogP) is 3.63. The van der Waals surface area contributed by atoms with Crippen LogP contribution in [0.3, 0.4) is 0 Å². The number of ether oxygens (including phenoxy) is 1. The van der Waals surface area contributed by atoms with E-state index >= 15 is 0 Å². The van der Waals surface area contributed by atoms with Gasteiger partial charge in [-0.1, -0.05) is 30.7 Å². The number of amides is 1. The average molecular weight is 377 g/mol. The minimum atomic E-state index is -0.605. The number of nitriles is 1. The number of carbonyl (C=O) groups is 1. The third kappa shape index (κ3) is 5.83. The molecule has 5 nitrogen and oxygen atoms in total. The van der Waals surface area contributed by atoms with Gasteiger partial charge >= 0.3 is 0 Å². The molecule has 0 unspecified atom stereocenters. The third-order valence-corrected chi connectivity index (χ3v) is 5.01. The Bertz CT molecular complexity index is 803. The standard InChI is InChI=1S/C23H27N3O2/c1-18(28-22-11-9-19(15-24)10-12-22)23(27)25-16-20-5-7-21(8-6-20)17-26-13-3-2-4-14-26/h5-12,18H,2-4,13-14,16-17H2,1H3,(H,25,27)/t18-/m1/s1. The first-order valence-corrected chi connectivity index (χ1v) is 9.89. The van der Waals surface area contributed by atoms with Gasteiger partial charge in [-0.05, 0) is 68.2 Å². The summed E-state index contributed by atoms with van der Waals surface area (Å²) in [5, 5.41) is 11.7. The fraction of sp³-hybridized carbons (Fsp3) is 0.391. The molecule has 3 rings (SSSR count). The highest BCUT2D eigenvalue weighted by atomic mass is 16.5. The first-order valence-electron chi connectivity index (χ1n) is 9.89. The van der Waals surface area contributed by atoms with Crippen molar-refractivity contribution in [3.05, 3.63) is 65.2 Å². The van der Waals surface area contributed by atoms with Crippen molar-refractivity contribution in [2.75, 3.05) is 13.1 Å². The van der Waals surface area contributed by atoms with Crippen molar-refractivity contribution >= 4 is 5.91 Å². The Kier molecular flexibility index (Phi) is 7.05. The summed E-state index contributed by atoms with van der Waals surface area (Å²) in [6.45, 7) is 5.57. The van der Waals surface area contributed by atoms with Crippen LogP contribution in [-0.2, 0) is 17.9 Å². The molecule has 0 spiro atoms. The van der Waals surface area contributed by atoms with E-state index in [9.17, 15) is 4.79 Å². The summed E-state index contributed by atoms with van der Waals surface area (Å²) in [4.78, 5) is 14.8. The number of hydrogen-bond donors (Lipinski definition) is 1. The molecule has 2 aromatic rings. The molecule has 1 N–H and O–H groups in total. The number of likely N-dealkylation sites (tertiary alicyclic amines) is 1. The predicted molar refractivity (Wildman–Crippen MR) is 109 cm³/mol. The van der Waals surface area contributed by atoms with Gasteiger partial charge in [0.25, 0.3) is 5.91 Å². The average Bonchev–Trinajstić information content (AvgIpc) is 2.74. The third-order valence-electron chi connectivity index (χ3n) is 5.01. The molecular formula is C23H27N3O2. The highest BCUT2D eigenvalue weighted by Gasteiger charge is 2.14. The van der Waals surface area contributed by atoms with E-state index in [1.165, 1.54) is 37.9 Å². The molecule has 28 heavy (non-hydrogen) atoms. The SMILES string of the molecule is C[C@@H](Oc1ccc(C#N)cc1)C(=O)NCc1ccc(CN2CCCCC2)cc1. The minimum Gasteiger partial charge on any atom is -0.481 e. The lowest BCUT2D eigenvalue weighted by Gasteiger charge is -2.26. The topological polar surface area (TPSA) is 65.4 Å². The van der Waals surface area contributed by atoms with Crippen molar-refractivity contribution in [3.8, 4) is 11.8 Å². The molecule has 1 atom stereocenters. The number of piperidine rings is 1. The smallest absolute Gasteiger partial charge is 0.261 e. The molecule has 146 valence electrons. The maximum absolute atomic E-state index is 12.3. The van der Waals surface area contributed by atoms with Crippen molar-refractivity contribution in [1.29, 1.82) is 5.26 Å². The van der Waals surface area contributed by atoms with Crippen molar-refractivity contribution in [3.63, 3.8) is 0 Å². The summed E-state index contributed by atoms with van der Waals surface area (Å²) in [5.74, 6) is 0.408. The van der Waals surface area contributed by atoms with Gasteiger partial charge in [0.05, 0.1) is 11.6 Å². The Morgan fingerprint density at radius 3 is 2.36 bits per heavy atom. The number of hydrogen-bond acceptors (Lipinski definition) is 4. The van der Waals surface area contributed by atoms with E-state index in [0.29, 0.717) is 17.9 Å².